The Balaban J connectivity index is 1.70. The fourth-order valence-corrected chi connectivity index (χ4v) is 4.52. The third kappa shape index (κ3) is 3.11. The molecule has 0 saturated carbocycles. The Morgan fingerprint density at radius 3 is 2.34 bits per heavy atom. The van der Waals surface area contributed by atoms with Crippen molar-refractivity contribution in [3.63, 3.8) is 0 Å². The topological polar surface area (TPSA) is 78.7 Å². The van der Waals surface area contributed by atoms with E-state index < -0.39 is 0 Å². The number of aromatic nitrogens is 5. The highest BCUT2D eigenvalue weighted by Gasteiger charge is 2.23. The summed E-state index contributed by atoms with van der Waals surface area (Å²) in [4.78, 5) is 33.6. The molecule has 0 amide bonds. The van der Waals surface area contributed by atoms with E-state index >= 15 is 0 Å². The number of aryl methyl sites for hydroxylation is 3. The molecule has 1 fully saturated rings. The Hall–Kier alpha value is -3.17. The van der Waals surface area contributed by atoms with Gasteiger partial charge in [-0.25, -0.2) is 4.79 Å². The maximum absolute atomic E-state index is 13.5. The van der Waals surface area contributed by atoms with Gasteiger partial charge in [-0.2, -0.15) is 4.98 Å². The van der Waals surface area contributed by atoms with Gasteiger partial charge in [0, 0.05) is 50.3 Å². The summed E-state index contributed by atoms with van der Waals surface area (Å²) in [5, 5.41) is 0. The molecule has 1 saturated heterocycles. The van der Waals surface area contributed by atoms with E-state index in [4.69, 9.17) is 9.72 Å². The van der Waals surface area contributed by atoms with Gasteiger partial charge < -0.3 is 4.74 Å². The molecule has 0 aliphatic carbocycles. The number of ether oxygens (including phenoxy) is 1. The van der Waals surface area contributed by atoms with E-state index in [0.717, 1.165) is 30.2 Å². The van der Waals surface area contributed by atoms with Crippen LogP contribution in [0.25, 0.3) is 22.6 Å². The second-order valence-corrected chi connectivity index (χ2v) is 8.51. The Morgan fingerprint density at radius 2 is 1.66 bits per heavy atom. The molecule has 1 aliphatic heterocycles. The number of rotatable bonds is 4. The third-order valence-electron chi connectivity index (χ3n) is 6.55. The third-order valence-corrected chi connectivity index (χ3v) is 6.55. The summed E-state index contributed by atoms with van der Waals surface area (Å²) in [6.45, 7) is 10.0. The molecule has 5 rings (SSSR count). The first-order valence-corrected chi connectivity index (χ1v) is 11.0. The van der Waals surface area contributed by atoms with Crippen LogP contribution in [0.1, 0.15) is 17.0 Å². The zero-order chi connectivity index (χ0) is 22.6. The molecule has 1 aromatic carbocycles. The molecule has 0 spiro atoms. The lowest BCUT2D eigenvalue weighted by molar-refractivity contribution is 0.0361. The van der Waals surface area contributed by atoms with Crippen molar-refractivity contribution in [3.05, 3.63) is 62.1 Å². The molecule has 32 heavy (non-hydrogen) atoms. The van der Waals surface area contributed by atoms with Gasteiger partial charge in [0.1, 0.15) is 0 Å². The van der Waals surface area contributed by atoms with E-state index in [1.807, 2.05) is 41.9 Å². The van der Waals surface area contributed by atoms with Gasteiger partial charge in [-0.15, -0.1) is 0 Å². The van der Waals surface area contributed by atoms with Crippen molar-refractivity contribution in [2.75, 3.05) is 32.8 Å². The quantitative estimate of drug-likeness (QED) is 0.483. The van der Waals surface area contributed by atoms with Crippen molar-refractivity contribution < 1.29 is 4.74 Å². The highest BCUT2D eigenvalue weighted by Crippen LogP contribution is 2.24. The van der Waals surface area contributed by atoms with Gasteiger partial charge in [0.15, 0.2) is 11.2 Å². The minimum Gasteiger partial charge on any atom is -0.379 e. The minimum absolute atomic E-state index is 0.298. The zero-order valence-corrected chi connectivity index (χ0v) is 19.0. The monoisotopic (exact) mass is 436 g/mol. The van der Waals surface area contributed by atoms with E-state index in [1.165, 1.54) is 14.7 Å². The van der Waals surface area contributed by atoms with Crippen molar-refractivity contribution in [1.82, 2.24) is 28.0 Å². The van der Waals surface area contributed by atoms with E-state index in [-0.39, 0.29) is 11.2 Å². The summed E-state index contributed by atoms with van der Waals surface area (Å²) < 4.78 is 12.1. The summed E-state index contributed by atoms with van der Waals surface area (Å²) in [5.74, 6) is 0.636. The van der Waals surface area contributed by atoms with Crippen molar-refractivity contribution in [3.8, 4) is 5.69 Å². The molecule has 9 nitrogen and oxygen atoms in total. The van der Waals surface area contributed by atoms with Gasteiger partial charge in [0.2, 0.25) is 5.78 Å². The van der Waals surface area contributed by atoms with E-state index in [9.17, 15) is 9.59 Å². The highest BCUT2D eigenvalue weighted by atomic mass is 16.5. The molecular formula is C23H28N6O3. The highest BCUT2D eigenvalue weighted by molar-refractivity contribution is 5.77. The number of imidazole rings is 2. The predicted octanol–water partition coefficient (Wildman–Crippen LogP) is 1.40. The van der Waals surface area contributed by atoms with Crippen molar-refractivity contribution in [2.45, 2.75) is 27.3 Å². The van der Waals surface area contributed by atoms with Gasteiger partial charge in [-0.05, 0) is 32.9 Å². The van der Waals surface area contributed by atoms with Crippen molar-refractivity contribution in [1.29, 1.82) is 0 Å². The first-order chi connectivity index (χ1) is 15.4. The molecule has 3 aromatic heterocycles. The van der Waals surface area contributed by atoms with Crippen LogP contribution in [0.5, 0.6) is 0 Å². The number of fused-ring (bicyclic) bond motifs is 3. The number of hydrogen-bond acceptors (Lipinski definition) is 5. The van der Waals surface area contributed by atoms with Crippen LogP contribution in [0.4, 0.5) is 0 Å². The van der Waals surface area contributed by atoms with Gasteiger partial charge in [0.25, 0.3) is 5.56 Å². The maximum Gasteiger partial charge on any atom is 0.332 e. The average Bonchev–Trinajstić information content (AvgIpc) is 3.29. The van der Waals surface area contributed by atoms with Crippen LogP contribution in [0, 0.1) is 20.8 Å². The van der Waals surface area contributed by atoms with Crippen LogP contribution >= 0.6 is 0 Å². The molecule has 0 radical (unpaired) electrons. The van der Waals surface area contributed by atoms with Gasteiger partial charge in [0.05, 0.1) is 13.2 Å². The first-order valence-electron chi connectivity index (χ1n) is 11.0. The number of hydrogen-bond donors (Lipinski definition) is 0. The molecule has 9 heteroatoms. The molecular weight excluding hydrogens is 408 g/mol. The Bertz CT molecular complexity index is 1430. The molecule has 4 heterocycles. The average molecular weight is 437 g/mol. The minimum atomic E-state index is -0.340. The maximum atomic E-state index is 13.5. The second-order valence-electron chi connectivity index (χ2n) is 8.51. The smallest absolute Gasteiger partial charge is 0.332 e. The molecule has 4 aromatic rings. The van der Waals surface area contributed by atoms with E-state index in [1.54, 1.807) is 7.05 Å². The predicted molar refractivity (Wildman–Crippen MR) is 123 cm³/mol. The largest absolute Gasteiger partial charge is 0.379 e. The Morgan fingerprint density at radius 1 is 0.969 bits per heavy atom. The lowest BCUT2D eigenvalue weighted by Gasteiger charge is -2.26. The fraction of sp³-hybridized carbons (Fsp3) is 0.435. The Kier molecular flexibility index (Phi) is 5.02. The fourth-order valence-electron chi connectivity index (χ4n) is 4.52. The first kappa shape index (κ1) is 20.7. The lowest BCUT2D eigenvalue weighted by Crippen LogP contribution is -2.44. The van der Waals surface area contributed by atoms with E-state index in [0.29, 0.717) is 43.2 Å². The standard InChI is InChI=1S/C23H28N6O3/c1-15-5-7-18(8-6-15)28-16(2)17(3)29-19-20(24-22(28)29)25(4)23(31)27(21(19)30)10-9-26-11-13-32-14-12-26/h5-8H,9-14H2,1-4H3. The van der Waals surface area contributed by atoms with Crippen LogP contribution in [-0.4, -0.2) is 60.8 Å². The second kappa shape index (κ2) is 7.75. The number of nitrogens with zero attached hydrogens (tertiary/aromatic N) is 6. The van der Waals surface area contributed by atoms with Gasteiger partial charge >= 0.3 is 5.69 Å². The van der Waals surface area contributed by atoms with Crippen LogP contribution in [0.3, 0.4) is 0 Å². The van der Waals surface area contributed by atoms with E-state index in [2.05, 4.69) is 17.0 Å². The van der Waals surface area contributed by atoms with Crippen LogP contribution in [0.2, 0.25) is 0 Å². The molecule has 0 atom stereocenters. The molecule has 0 N–H and O–H groups in total. The normalized spacial score (nSPS) is 15.2. The van der Waals surface area contributed by atoms with Crippen LogP contribution in [-0.2, 0) is 18.3 Å². The molecule has 1 aliphatic rings. The number of benzene rings is 1. The van der Waals surface area contributed by atoms with Crippen LogP contribution < -0.4 is 11.2 Å². The molecule has 0 unspecified atom stereocenters. The Labute approximate surface area is 185 Å². The van der Waals surface area contributed by atoms with Gasteiger partial charge in [-0.3, -0.25) is 27.8 Å². The van der Waals surface area contributed by atoms with Gasteiger partial charge in [-0.1, -0.05) is 17.7 Å². The summed E-state index contributed by atoms with van der Waals surface area (Å²) >= 11 is 0. The summed E-state index contributed by atoms with van der Waals surface area (Å²) in [6.07, 6.45) is 0. The SMILES string of the molecule is Cc1ccc(-n2c(C)c(C)n3c4c(=O)n(CCN5CCOCC5)c(=O)n(C)c4nc23)cc1. The number of morpholine rings is 1. The summed E-state index contributed by atoms with van der Waals surface area (Å²) in [6, 6.07) is 8.19. The zero-order valence-electron chi connectivity index (χ0n) is 19.0. The molecule has 0 bridgehead atoms. The summed E-state index contributed by atoms with van der Waals surface area (Å²) in [7, 11) is 1.68. The summed E-state index contributed by atoms with van der Waals surface area (Å²) in [5.41, 5.74) is 4.28. The van der Waals surface area contributed by atoms with Crippen molar-refractivity contribution >= 4 is 16.9 Å². The molecule has 168 valence electrons. The lowest BCUT2D eigenvalue weighted by atomic mass is 10.2. The van der Waals surface area contributed by atoms with Crippen molar-refractivity contribution in [2.24, 2.45) is 7.05 Å². The van der Waals surface area contributed by atoms with Crippen LogP contribution in [0.15, 0.2) is 33.9 Å².